The van der Waals surface area contributed by atoms with Gasteiger partial charge >= 0.3 is 10.5 Å². The van der Waals surface area contributed by atoms with Crippen LogP contribution in [0.25, 0.3) is 0 Å². The molecular formula is C22H24ClFN5O5PS. The van der Waals surface area contributed by atoms with Crippen LogP contribution in [0.2, 0.25) is 5.02 Å². The summed E-state index contributed by atoms with van der Waals surface area (Å²) in [5.74, 6) is 1.20. The van der Waals surface area contributed by atoms with E-state index in [1.54, 1.807) is 7.11 Å². The smallest absolute Gasteiger partial charge is 0.488 e. The van der Waals surface area contributed by atoms with Crippen LogP contribution in [0.5, 0.6) is 17.2 Å². The molecule has 2 aromatic carbocycles. The van der Waals surface area contributed by atoms with Gasteiger partial charge in [-0.3, -0.25) is 0 Å². The summed E-state index contributed by atoms with van der Waals surface area (Å²) < 4.78 is 50.4. The number of hydrogen-bond acceptors (Lipinski definition) is 10. The van der Waals surface area contributed by atoms with Gasteiger partial charge in [0.25, 0.3) is 0 Å². The first-order valence-corrected chi connectivity index (χ1v) is 14.6. The van der Waals surface area contributed by atoms with Crippen molar-refractivity contribution in [2.75, 3.05) is 37.6 Å². The zero-order valence-corrected chi connectivity index (χ0v) is 22.1. The molecule has 0 unspecified atom stereocenters. The Bertz CT molecular complexity index is 1380. The van der Waals surface area contributed by atoms with Crippen molar-refractivity contribution >= 4 is 53.4 Å². The van der Waals surface area contributed by atoms with Crippen molar-refractivity contribution < 1.29 is 25.7 Å². The summed E-state index contributed by atoms with van der Waals surface area (Å²) in [6.45, 7) is 5.37. The van der Waals surface area contributed by atoms with E-state index >= 15 is 0 Å². The van der Waals surface area contributed by atoms with Crippen molar-refractivity contribution in [1.82, 2.24) is 15.3 Å². The number of rotatable bonds is 9. The number of nitrogens with one attached hydrogen (secondary N) is 3. The third kappa shape index (κ3) is 6.64. The van der Waals surface area contributed by atoms with E-state index in [1.165, 1.54) is 30.0 Å². The van der Waals surface area contributed by atoms with E-state index in [0.717, 1.165) is 25.1 Å². The molecular weight excluding hydrogens is 532 g/mol. The minimum Gasteiger partial charge on any atom is -0.495 e. The van der Waals surface area contributed by atoms with Gasteiger partial charge in [-0.25, -0.2) is 4.98 Å². The highest BCUT2D eigenvalue weighted by atomic mass is 35.5. The van der Waals surface area contributed by atoms with E-state index in [2.05, 4.69) is 30.1 Å². The zero-order valence-electron chi connectivity index (χ0n) is 19.6. The highest BCUT2D eigenvalue weighted by Crippen LogP contribution is 2.40. The largest absolute Gasteiger partial charge is 0.495 e. The number of anilines is 4. The number of ether oxygens (including phenoxy) is 1. The summed E-state index contributed by atoms with van der Waals surface area (Å²) in [7, 11) is -4.49. The van der Waals surface area contributed by atoms with E-state index in [4.69, 9.17) is 20.9 Å². The molecule has 0 amide bonds. The Morgan fingerprint density at radius 2 is 1.92 bits per heavy atom. The molecule has 10 nitrogen and oxygen atoms in total. The second-order valence-electron chi connectivity index (χ2n) is 7.93. The van der Waals surface area contributed by atoms with E-state index in [-0.39, 0.29) is 28.3 Å². The molecule has 0 radical (unpaired) electrons. The van der Waals surface area contributed by atoms with Crippen LogP contribution in [-0.2, 0) is 23.5 Å². The van der Waals surface area contributed by atoms with Crippen LogP contribution in [0.3, 0.4) is 0 Å². The first-order chi connectivity index (χ1) is 17.1. The van der Waals surface area contributed by atoms with E-state index in [9.17, 15) is 12.3 Å². The van der Waals surface area contributed by atoms with Gasteiger partial charge in [-0.05, 0) is 61.7 Å². The first kappa shape index (κ1) is 26.2. The summed E-state index contributed by atoms with van der Waals surface area (Å²) in [5.41, 5.74) is 3.50. The highest BCUT2D eigenvalue weighted by molar-refractivity contribution is 7.81. The lowest BCUT2D eigenvalue weighted by Crippen LogP contribution is -2.23. The average Bonchev–Trinajstić information content (AvgIpc) is 2.81. The van der Waals surface area contributed by atoms with Crippen LogP contribution in [0.15, 0.2) is 36.5 Å². The minimum atomic E-state index is -5.18. The number of nitrogens with zero attached hydrogens (tertiary/aromatic N) is 2. The van der Waals surface area contributed by atoms with E-state index in [1.807, 2.05) is 25.5 Å². The number of halogens is 2. The van der Waals surface area contributed by atoms with Gasteiger partial charge in [0, 0.05) is 12.6 Å². The minimum absolute atomic E-state index is 0.232. The molecule has 14 heteroatoms. The van der Waals surface area contributed by atoms with Crippen LogP contribution in [0, 0.1) is 0 Å². The highest BCUT2D eigenvalue weighted by Gasteiger charge is 2.17. The lowest BCUT2D eigenvalue weighted by atomic mass is 10.00. The van der Waals surface area contributed by atoms with Crippen LogP contribution in [-0.4, -0.2) is 45.4 Å². The Kier molecular flexibility index (Phi) is 7.99. The Hall–Kier alpha value is -2.92. The van der Waals surface area contributed by atoms with Crippen molar-refractivity contribution in [3.8, 4) is 17.2 Å². The molecule has 3 aromatic rings. The molecule has 0 spiro atoms. The topological polar surface area (TPSA) is 124 Å². The fraction of sp³-hybridized carbons (Fsp3) is 0.273. The lowest BCUT2D eigenvalue weighted by Gasteiger charge is -2.20. The predicted octanol–water partition coefficient (Wildman–Crippen LogP) is 4.90. The molecule has 3 N–H and O–H groups in total. The number of hydrogen-bond donors (Lipinski definition) is 3. The molecule has 2 heterocycles. The lowest BCUT2D eigenvalue weighted by molar-refractivity contribution is 0.415. The Morgan fingerprint density at radius 1 is 1.11 bits per heavy atom. The number of aromatic nitrogens is 2. The molecule has 4 rings (SSSR count). The number of benzene rings is 2. The summed E-state index contributed by atoms with van der Waals surface area (Å²) in [4.78, 5) is 8.75. The fourth-order valence-electron chi connectivity index (χ4n) is 3.58. The Morgan fingerprint density at radius 3 is 2.64 bits per heavy atom. The van der Waals surface area contributed by atoms with Gasteiger partial charge in [0.1, 0.15) is 22.3 Å². The second-order valence-corrected chi connectivity index (χ2v) is 11.1. The van der Waals surface area contributed by atoms with Gasteiger partial charge in [-0.15, -0.1) is 0 Å². The maximum atomic E-state index is 13.0. The molecule has 0 atom stereocenters. The Labute approximate surface area is 214 Å². The molecule has 0 saturated carbocycles. The van der Waals surface area contributed by atoms with Crippen molar-refractivity contribution in [2.24, 2.45) is 0 Å². The molecule has 36 heavy (non-hydrogen) atoms. The molecule has 1 aliphatic rings. The monoisotopic (exact) mass is 555 g/mol. The maximum absolute atomic E-state index is 13.0. The average molecular weight is 556 g/mol. The first-order valence-electron chi connectivity index (χ1n) is 10.7. The van der Waals surface area contributed by atoms with Crippen LogP contribution >= 0.6 is 19.7 Å². The van der Waals surface area contributed by atoms with Crippen molar-refractivity contribution in [3.63, 3.8) is 0 Å². The van der Waals surface area contributed by atoms with Crippen LogP contribution in [0.4, 0.5) is 27.0 Å². The van der Waals surface area contributed by atoms with Crippen molar-refractivity contribution in [1.29, 1.82) is 0 Å². The van der Waals surface area contributed by atoms with Gasteiger partial charge < -0.3 is 29.4 Å². The molecule has 1 aliphatic heterocycles. The normalized spacial score (nSPS) is 13.2. The summed E-state index contributed by atoms with van der Waals surface area (Å²) in [6, 6.07) is 8.02. The number of methoxy groups -OCH3 is 1. The molecule has 0 saturated heterocycles. The molecule has 192 valence electrons. The van der Waals surface area contributed by atoms with Gasteiger partial charge in [0.2, 0.25) is 5.95 Å². The standard InChI is InChI=1S/C22H24ClFN5O5PS/c1-32-19-9-13-6-7-25-11-14(13)8-18(19)28-22-26-12-16(23)21(29-22)27-17-5-4-15(34-36(24,30)31)10-20(17)33-35(2)3/h4-5,8-10,12,25H,6-7,11H2,1-3H3,(H2,26,27,28,29). The number of fused-ring (bicyclic) bond motifs is 1. The van der Waals surface area contributed by atoms with Crippen LogP contribution < -0.4 is 29.4 Å². The quantitative estimate of drug-likeness (QED) is 0.248. The predicted molar refractivity (Wildman–Crippen MR) is 139 cm³/mol. The molecule has 0 bridgehead atoms. The second kappa shape index (κ2) is 11.0. The maximum Gasteiger partial charge on any atom is 0.488 e. The third-order valence-electron chi connectivity index (χ3n) is 5.08. The van der Waals surface area contributed by atoms with E-state index in [0.29, 0.717) is 17.1 Å². The third-order valence-corrected chi connectivity index (χ3v) is 6.31. The van der Waals surface area contributed by atoms with Gasteiger partial charge in [-0.1, -0.05) is 15.5 Å². The molecule has 1 aromatic heterocycles. The fourth-order valence-corrected chi connectivity index (χ4v) is 4.60. The van der Waals surface area contributed by atoms with Gasteiger partial charge in [-0.2, -0.15) is 13.4 Å². The van der Waals surface area contributed by atoms with Crippen LogP contribution in [0.1, 0.15) is 11.1 Å². The SMILES string of the molecule is COc1cc2c(cc1Nc1ncc(Cl)c(Nc3ccc(OS(=O)(=O)F)cc3OP(C)C)n1)CNCC2. The van der Waals surface area contributed by atoms with E-state index < -0.39 is 18.7 Å². The van der Waals surface area contributed by atoms with Gasteiger partial charge in [0.15, 0.2) is 5.82 Å². The molecule has 0 fully saturated rings. The zero-order chi connectivity index (χ0) is 25.9. The summed E-state index contributed by atoms with van der Waals surface area (Å²) >= 11 is 6.34. The van der Waals surface area contributed by atoms with Gasteiger partial charge in [0.05, 0.1) is 32.8 Å². The summed E-state index contributed by atoms with van der Waals surface area (Å²) in [5, 5.41) is 9.82. The van der Waals surface area contributed by atoms with Crippen molar-refractivity contribution in [3.05, 3.63) is 52.7 Å². The molecule has 0 aliphatic carbocycles. The Balaban J connectivity index is 1.62. The van der Waals surface area contributed by atoms with Crippen molar-refractivity contribution in [2.45, 2.75) is 13.0 Å². The summed E-state index contributed by atoms with van der Waals surface area (Å²) in [6.07, 6.45) is 2.35.